The smallest absolute Gasteiger partial charge is 0.303 e. The predicted octanol–water partition coefficient (Wildman–Crippen LogP) is 3.41. The van der Waals surface area contributed by atoms with Crippen molar-refractivity contribution >= 4 is 5.97 Å². The maximum atomic E-state index is 10.5. The van der Waals surface area contributed by atoms with E-state index in [9.17, 15) is 20.1 Å². The van der Waals surface area contributed by atoms with E-state index >= 15 is 0 Å². The number of aliphatic hydroxyl groups excluding tert-OH is 2. The molecule has 0 saturated heterocycles. The first-order chi connectivity index (χ1) is 11.3. The normalized spacial score (nSPS) is 16.9. The molecule has 0 aliphatic heterocycles. The van der Waals surface area contributed by atoms with E-state index in [0.717, 1.165) is 19.3 Å². The summed E-state index contributed by atoms with van der Waals surface area (Å²) in [5.74, 6) is -0.889. The Kier molecular flexibility index (Phi) is 12.9. The lowest BCUT2D eigenvalue weighted by atomic mass is 9.96. The first kappa shape index (κ1) is 23.1. The molecule has 0 amide bonds. The number of unbranched alkanes of at least 4 members (excludes halogenated alkanes) is 6. The van der Waals surface area contributed by atoms with Gasteiger partial charge in [0.2, 0.25) is 0 Å². The summed E-state index contributed by atoms with van der Waals surface area (Å²) in [5.41, 5.74) is -1.17. The summed E-state index contributed by atoms with van der Waals surface area (Å²) >= 11 is 0. The molecule has 0 aromatic rings. The summed E-state index contributed by atoms with van der Waals surface area (Å²) in [6.07, 6.45) is 10.4. The summed E-state index contributed by atoms with van der Waals surface area (Å²) in [7, 11) is 0. The van der Waals surface area contributed by atoms with Gasteiger partial charge in [-0.15, -0.1) is 0 Å². The first-order valence-electron chi connectivity index (χ1n) is 9.28. The van der Waals surface area contributed by atoms with Crippen molar-refractivity contribution in [2.75, 3.05) is 0 Å². The molecule has 0 rings (SSSR count). The van der Waals surface area contributed by atoms with Gasteiger partial charge in [0, 0.05) is 6.42 Å². The van der Waals surface area contributed by atoms with Gasteiger partial charge < -0.3 is 20.4 Å². The second-order valence-corrected chi connectivity index (χ2v) is 6.93. The van der Waals surface area contributed by atoms with E-state index < -0.39 is 23.8 Å². The van der Waals surface area contributed by atoms with Crippen LogP contribution in [0.15, 0.2) is 12.2 Å². The summed E-state index contributed by atoms with van der Waals surface area (Å²) in [6.45, 7) is 3.76. The Balaban J connectivity index is 3.93. The zero-order chi connectivity index (χ0) is 18.4. The van der Waals surface area contributed by atoms with Crippen LogP contribution in [0.1, 0.15) is 84.5 Å². The van der Waals surface area contributed by atoms with Crippen molar-refractivity contribution in [2.24, 2.45) is 0 Å². The van der Waals surface area contributed by atoms with Gasteiger partial charge in [0.25, 0.3) is 0 Å². The second-order valence-electron chi connectivity index (χ2n) is 6.93. The van der Waals surface area contributed by atoms with Crippen LogP contribution in [-0.4, -0.2) is 44.2 Å². The largest absolute Gasteiger partial charge is 0.481 e. The molecule has 24 heavy (non-hydrogen) atoms. The third-order valence-electron chi connectivity index (χ3n) is 4.22. The molecule has 4 N–H and O–H groups in total. The van der Waals surface area contributed by atoms with Gasteiger partial charge in [-0.05, 0) is 26.2 Å². The maximum absolute atomic E-state index is 10.5. The number of aliphatic carboxylic acids is 1. The number of carbonyl (C=O) groups is 1. The number of rotatable bonds is 15. The Morgan fingerprint density at radius 2 is 1.62 bits per heavy atom. The minimum Gasteiger partial charge on any atom is -0.481 e. The molecule has 0 radical (unpaired) electrons. The number of hydrogen-bond acceptors (Lipinski definition) is 4. The highest BCUT2D eigenvalue weighted by Gasteiger charge is 2.19. The minimum absolute atomic E-state index is 0.00737. The summed E-state index contributed by atoms with van der Waals surface area (Å²) < 4.78 is 0. The van der Waals surface area contributed by atoms with Crippen LogP contribution in [-0.2, 0) is 4.79 Å². The highest BCUT2D eigenvalue weighted by Crippen LogP contribution is 2.17. The van der Waals surface area contributed by atoms with Crippen LogP contribution in [0.5, 0.6) is 0 Å². The van der Waals surface area contributed by atoms with Gasteiger partial charge in [-0.2, -0.15) is 0 Å². The molecule has 0 aromatic heterocycles. The fraction of sp³-hybridized carbons (Fsp3) is 0.842. The van der Waals surface area contributed by atoms with E-state index in [1.54, 1.807) is 6.92 Å². The van der Waals surface area contributed by atoms with Crippen LogP contribution in [0.2, 0.25) is 0 Å². The standard InChI is InChI=1S/C19H36O5/c1-3-4-5-6-7-8-9-11-16(20)17(21)13-15-19(2,24)14-10-12-18(22)23/h13,15-17,20-21,24H,3-12,14H2,1-2H3,(H,22,23)/b15-13+. The summed E-state index contributed by atoms with van der Waals surface area (Å²) in [6, 6.07) is 0. The monoisotopic (exact) mass is 344 g/mol. The Labute approximate surface area is 146 Å². The van der Waals surface area contributed by atoms with Gasteiger partial charge in [0.15, 0.2) is 0 Å². The zero-order valence-electron chi connectivity index (χ0n) is 15.3. The molecule has 0 bridgehead atoms. The molecule has 0 saturated carbocycles. The van der Waals surface area contributed by atoms with E-state index in [1.807, 2.05) is 0 Å². The molecule has 0 spiro atoms. The van der Waals surface area contributed by atoms with E-state index in [0.29, 0.717) is 19.3 Å². The maximum Gasteiger partial charge on any atom is 0.303 e. The van der Waals surface area contributed by atoms with E-state index in [1.165, 1.54) is 37.8 Å². The van der Waals surface area contributed by atoms with E-state index in [4.69, 9.17) is 5.11 Å². The van der Waals surface area contributed by atoms with Crippen LogP contribution in [0, 0.1) is 0 Å². The average molecular weight is 344 g/mol. The van der Waals surface area contributed by atoms with Gasteiger partial charge in [-0.25, -0.2) is 0 Å². The van der Waals surface area contributed by atoms with Gasteiger partial charge in [-0.1, -0.05) is 64.0 Å². The van der Waals surface area contributed by atoms with Crippen molar-refractivity contribution in [2.45, 2.75) is 102 Å². The Bertz CT molecular complexity index is 352. The SMILES string of the molecule is CCCCCCCCCC(O)C(O)/C=C/C(C)(O)CCCC(=O)O. The number of aliphatic hydroxyl groups is 3. The number of carboxylic acid groups (broad SMARTS) is 1. The van der Waals surface area contributed by atoms with Crippen molar-refractivity contribution in [3.63, 3.8) is 0 Å². The molecular weight excluding hydrogens is 308 g/mol. The second kappa shape index (κ2) is 13.4. The molecule has 0 aliphatic carbocycles. The number of carboxylic acids is 1. The van der Waals surface area contributed by atoms with Crippen LogP contribution in [0.3, 0.4) is 0 Å². The van der Waals surface area contributed by atoms with Crippen LogP contribution in [0.4, 0.5) is 0 Å². The van der Waals surface area contributed by atoms with Gasteiger partial charge in [0.05, 0.1) is 17.8 Å². The molecule has 5 nitrogen and oxygen atoms in total. The molecular formula is C19H36O5. The van der Waals surface area contributed by atoms with Gasteiger partial charge >= 0.3 is 5.97 Å². The topological polar surface area (TPSA) is 98.0 Å². The van der Waals surface area contributed by atoms with Crippen LogP contribution < -0.4 is 0 Å². The molecule has 0 fully saturated rings. The molecule has 3 unspecified atom stereocenters. The molecule has 0 heterocycles. The molecule has 142 valence electrons. The third-order valence-corrected chi connectivity index (χ3v) is 4.22. The third kappa shape index (κ3) is 13.5. The lowest BCUT2D eigenvalue weighted by molar-refractivity contribution is -0.137. The number of hydrogen-bond donors (Lipinski definition) is 4. The fourth-order valence-electron chi connectivity index (χ4n) is 2.60. The molecule has 3 atom stereocenters. The van der Waals surface area contributed by atoms with Crippen molar-refractivity contribution in [3.05, 3.63) is 12.2 Å². The quantitative estimate of drug-likeness (QED) is 0.270. The fourth-order valence-corrected chi connectivity index (χ4v) is 2.60. The van der Waals surface area contributed by atoms with Crippen molar-refractivity contribution in [1.82, 2.24) is 0 Å². The lowest BCUT2D eigenvalue weighted by Crippen LogP contribution is -2.26. The highest BCUT2D eigenvalue weighted by molar-refractivity contribution is 5.66. The Hall–Kier alpha value is -0.910. The zero-order valence-corrected chi connectivity index (χ0v) is 15.3. The van der Waals surface area contributed by atoms with Gasteiger partial charge in [-0.3, -0.25) is 4.79 Å². The first-order valence-corrected chi connectivity index (χ1v) is 9.28. The summed E-state index contributed by atoms with van der Waals surface area (Å²) in [4.78, 5) is 10.5. The molecule has 5 heteroatoms. The average Bonchev–Trinajstić information content (AvgIpc) is 2.51. The lowest BCUT2D eigenvalue weighted by Gasteiger charge is -2.20. The highest BCUT2D eigenvalue weighted by atomic mass is 16.4. The van der Waals surface area contributed by atoms with Crippen LogP contribution in [0.25, 0.3) is 0 Å². The predicted molar refractivity (Wildman–Crippen MR) is 95.9 cm³/mol. The van der Waals surface area contributed by atoms with Crippen molar-refractivity contribution in [1.29, 1.82) is 0 Å². The molecule has 0 aliphatic rings. The Morgan fingerprint density at radius 1 is 1.04 bits per heavy atom. The summed E-state index contributed by atoms with van der Waals surface area (Å²) in [5, 5.41) is 38.6. The van der Waals surface area contributed by atoms with E-state index in [2.05, 4.69) is 6.92 Å². The van der Waals surface area contributed by atoms with Crippen LogP contribution >= 0.6 is 0 Å². The van der Waals surface area contributed by atoms with Crippen molar-refractivity contribution < 1.29 is 25.2 Å². The van der Waals surface area contributed by atoms with Crippen molar-refractivity contribution in [3.8, 4) is 0 Å². The Morgan fingerprint density at radius 3 is 2.21 bits per heavy atom. The minimum atomic E-state index is -1.17. The van der Waals surface area contributed by atoms with E-state index in [-0.39, 0.29) is 6.42 Å². The molecule has 0 aromatic carbocycles. The van der Waals surface area contributed by atoms with Gasteiger partial charge in [0.1, 0.15) is 0 Å².